The summed E-state index contributed by atoms with van der Waals surface area (Å²) in [4.78, 5) is 1.71. The van der Waals surface area contributed by atoms with E-state index in [9.17, 15) is 0 Å². The van der Waals surface area contributed by atoms with Crippen LogP contribution < -0.4 is 0 Å². The van der Waals surface area contributed by atoms with Gasteiger partial charge in [0.1, 0.15) is 12.3 Å². The minimum atomic E-state index is -0.445. The third kappa shape index (κ3) is 0.808. The van der Waals surface area contributed by atoms with Crippen LogP contribution in [0.4, 0.5) is 0 Å². The van der Waals surface area contributed by atoms with Gasteiger partial charge in [0.2, 0.25) is 0 Å². The van der Waals surface area contributed by atoms with E-state index >= 15 is 0 Å². The molecule has 1 N–H and O–H groups in total. The monoisotopic (exact) mass is 112 g/mol. The summed E-state index contributed by atoms with van der Waals surface area (Å²) in [7, 11) is 0. The average Bonchev–Trinajstić information content (AvgIpc) is 2.42. The van der Waals surface area contributed by atoms with Crippen molar-refractivity contribution in [3.8, 4) is 6.07 Å². The lowest BCUT2D eigenvalue weighted by Gasteiger charge is -2.00. The van der Waals surface area contributed by atoms with Crippen LogP contribution in [-0.2, 0) is 0 Å². The summed E-state index contributed by atoms with van der Waals surface area (Å²) in [6.45, 7) is 2.39. The fourth-order valence-corrected chi connectivity index (χ4v) is 0.681. The Balaban J connectivity index is 2.29. The molecule has 1 rings (SSSR count). The topological polar surface area (TPSA) is 47.0 Å². The normalized spacial score (nSPS) is 38.1. The lowest BCUT2D eigenvalue weighted by atomic mass is 10.5. The molecule has 0 aromatic carbocycles. The first kappa shape index (κ1) is 5.54. The second-order valence-corrected chi connectivity index (χ2v) is 1.97. The maximum absolute atomic E-state index is 8.77. The van der Waals surface area contributed by atoms with Gasteiger partial charge in [0.15, 0.2) is 0 Å². The summed E-state index contributed by atoms with van der Waals surface area (Å²) in [6.07, 6.45) is -0.445. The second kappa shape index (κ2) is 1.73. The Kier molecular flexibility index (Phi) is 1.20. The molecule has 1 saturated heterocycles. The Bertz CT molecular complexity index is 127. The van der Waals surface area contributed by atoms with Gasteiger partial charge in [-0.3, -0.25) is 4.90 Å². The fraction of sp³-hybridized carbons (Fsp3) is 0.800. The van der Waals surface area contributed by atoms with E-state index in [1.807, 2.05) is 6.07 Å². The molecule has 3 nitrogen and oxygen atoms in total. The molecule has 44 valence electrons. The molecule has 3 atom stereocenters. The molecule has 1 heterocycles. The van der Waals surface area contributed by atoms with Gasteiger partial charge in [0, 0.05) is 6.54 Å². The zero-order valence-electron chi connectivity index (χ0n) is 4.70. The molecule has 0 bridgehead atoms. The van der Waals surface area contributed by atoms with Gasteiger partial charge in [0.05, 0.1) is 6.07 Å². The Hall–Kier alpha value is -0.590. The van der Waals surface area contributed by atoms with Gasteiger partial charge in [-0.1, -0.05) is 0 Å². The molecular formula is C5H8N2O. The zero-order chi connectivity index (χ0) is 6.15. The van der Waals surface area contributed by atoms with Crippen LogP contribution in [0, 0.1) is 11.3 Å². The molecule has 0 aliphatic carbocycles. The minimum Gasteiger partial charge on any atom is -0.379 e. The smallest absolute Gasteiger partial charge is 0.113 e. The first-order valence-electron chi connectivity index (χ1n) is 2.59. The van der Waals surface area contributed by atoms with E-state index in [-0.39, 0.29) is 6.04 Å². The molecular weight excluding hydrogens is 104 g/mol. The number of nitrogens with zero attached hydrogens (tertiary/aromatic N) is 2. The highest BCUT2D eigenvalue weighted by Gasteiger charge is 2.36. The lowest BCUT2D eigenvalue weighted by Crippen LogP contribution is -2.14. The predicted octanol–water partition coefficient (Wildman–Crippen LogP) is -0.468. The van der Waals surface area contributed by atoms with Crippen LogP contribution in [0.3, 0.4) is 0 Å². The fourth-order valence-electron chi connectivity index (χ4n) is 0.681. The number of hydrogen-bond donors (Lipinski definition) is 1. The van der Waals surface area contributed by atoms with Gasteiger partial charge in [-0.15, -0.1) is 0 Å². The van der Waals surface area contributed by atoms with Crippen LogP contribution in [0.2, 0.25) is 0 Å². The summed E-state index contributed by atoms with van der Waals surface area (Å²) < 4.78 is 0. The third-order valence-electron chi connectivity index (χ3n) is 1.28. The zero-order valence-corrected chi connectivity index (χ0v) is 4.70. The highest BCUT2D eigenvalue weighted by Crippen LogP contribution is 2.17. The van der Waals surface area contributed by atoms with Crippen molar-refractivity contribution in [1.82, 2.24) is 4.90 Å². The van der Waals surface area contributed by atoms with E-state index in [1.165, 1.54) is 0 Å². The van der Waals surface area contributed by atoms with E-state index in [4.69, 9.17) is 10.4 Å². The van der Waals surface area contributed by atoms with Crippen LogP contribution in [-0.4, -0.2) is 28.8 Å². The largest absolute Gasteiger partial charge is 0.379 e. The summed E-state index contributed by atoms with van der Waals surface area (Å²) in [6, 6.07) is 2.02. The first-order chi connectivity index (χ1) is 3.75. The molecule has 1 fully saturated rings. The van der Waals surface area contributed by atoms with Crippen LogP contribution in [0.5, 0.6) is 0 Å². The SMILES string of the molecule is CC(O)N1CC1C#N. The number of nitriles is 1. The Morgan fingerprint density at radius 3 is 2.75 bits per heavy atom. The van der Waals surface area contributed by atoms with Crippen molar-refractivity contribution in [3.63, 3.8) is 0 Å². The standard InChI is InChI=1S/C5H8N2O/c1-4(8)7-3-5(7)2-6/h4-5,8H,3H2,1H3. The van der Waals surface area contributed by atoms with E-state index in [1.54, 1.807) is 11.8 Å². The summed E-state index contributed by atoms with van der Waals surface area (Å²) in [5.41, 5.74) is 0. The van der Waals surface area contributed by atoms with Crippen molar-refractivity contribution < 1.29 is 5.11 Å². The molecule has 0 radical (unpaired) electrons. The molecule has 3 unspecified atom stereocenters. The van der Waals surface area contributed by atoms with Gasteiger partial charge in [-0.25, -0.2) is 0 Å². The summed E-state index contributed by atoms with van der Waals surface area (Å²) >= 11 is 0. The first-order valence-corrected chi connectivity index (χ1v) is 2.59. The maximum atomic E-state index is 8.77. The van der Waals surface area contributed by atoms with Gasteiger partial charge in [0.25, 0.3) is 0 Å². The van der Waals surface area contributed by atoms with Crippen molar-refractivity contribution in [2.75, 3.05) is 6.54 Å². The number of rotatable bonds is 1. The quantitative estimate of drug-likeness (QED) is 0.466. The van der Waals surface area contributed by atoms with Crippen molar-refractivity contribution >= 4 is 0 Å². The van der Waals surface area contributed by atoms with Crippen molar-refractivity contribution in [2.24, 2.45) is 0 Å². The highest BCUT2D eigenvalue weighted by atomic mass is 16.3. The van der Waals surface area contributed by atoms with E-state index in [2.05, 4.69) is 0 Å². The number of hydrogen-bond acceptors (Lipinski definition) is 3. The number of aliphatic hydroxyl groups excluding tert-OH is 1. The Labute approximate surface area is 48.1 Å². The molecule has 1 aliphatic rings. The molecule has 8 heavy (non-hydrogen) atoms. The maximum Gasteiger partial charge on any atom is 0.113 e. The minimum absolute atomic E-state index is 0.0185. The van der Waals surface area contributed by atoms with Crippen molar-refractivity contribution in [3.05, 3.63) is 0 Å². The number of aliphatic hydroxyl groups is 1. The second-order valence-electron chi connectivity index (χ2n) is 1.97. The molecule has 0 spiro atoms. The van der Waals surface area contributed by atoms with Crippen LogP contribution in [0.1, 0.15) is 6.92 Å². The average molecular weight is 112 g/mol. The third-order valence-corrected chi connectivity index (χ3v) is 1.28. The van der Waals surface area contributed by atoms with Gasteiger partial charge in [-0.05, 0) is 6.92 Å². The van der Waals surface area contributed by atoms with Gasteiger partial charge in [-0.2, -0.15) is 5.26 Å². The molecule has 0 amide bonds. The summed E-state index contributed by atoms with van der Waals surface area (Å²) in [5, 5.41) is 17.0. The molecule has 0 saturated carbocycles. The Morgan fingerprint density at radius 1 is 2.00 bits per heavy atom. The summed E-state index contributed by atoms with van der Waals surface area (Å²) in [5.74, 6) is 0. The van der Waals surface area contributed by atoms with Crippen molar-refractivity contribution in [2.45, 2.75) is 19.2 Å². The highest BCUT2D eigenvalue weighted by molar-refractivity contribution is 5.05. The molecule has 0 aromatic rings. The van der Waals surface area contributed by atoms with E-state index in [0.29, 0.717) is 0 Å². The lowest BCUT2D eigenvalue weighted by molar-refractivity contribution is 0.0946. The van der Waals surface area contributed by atoms with Gasteiger partial charge >= 0.3 is 0 Å². The molecule has 1 aliphatic heterocycles. The molecule has 0 aromatic heterocycles. The van der Waals surface area contributed by atoms with Crippen LogP contribution in [0.25, 0.3) is 0 Å². The van der Waals surface area contributed by atoms with E-state index < -0.39 is 6.23 Å². The molecule has 3 heteroatoms. The Morgan fingerprint density at radius 2 is 2.62 bits per heavy atom. The van der Waals surface area contributed by atoms with Crippen LogP contribution in [0.15, 0.2) is 0 Å². The van der Waals surface area contributed by atoms with E-state index in [0.717, 1.165) is 6.54 Å². The van der Waals surface area contributed by atoms with Crippen molar-refractivity contribution in [1.29, 1.82) is 5.26 Å². The predicted molar refractivity (Wildman–Crippen MR) is 27.8 cm³/mol. The van der Waals surface area contributed by atoms with Gasteiger partial charge < -0.3 is 5.11 Å². The van der Waals surface area contributed by atoms with Crippen LogP contribution >= 0.6 is 0 Å².